The monoisotopic (exact) mass is 193 g/mol. The number of hydrogen-bond acceptors (Lipinski definition) is 2. The second kappa shape index (κ2) is 4.74. The predicted octanol–water partition coefficient (Wildman–Crippen LogP) is 2.70. The van der Waals surface area contributed by atoms with E-state index in [0.717, 1.165) is 5.56 Å². The molecule has 0 fully saturated rings. The van der Waals surface area contributed by atoms with Crippen molar-refractivity contribution in [3.8, 4) is 0 Å². The maximum absolute atomic E-state index is 10.5. The zero-order valence-electron chi connectivity index (χ0n) is 8.51. The molecule has 0 aliphatic carbocycles. The molecule has 1 aromatic rings. The van der Waals surface area contributed by atoms with Crippen molar-refractivity contribution in [2.75, 3.05) is 6.54 Å². The van der Waals surface area contributed by atoms with E-state index >= 15 is 0 Å². The van der Waals surface area contributed by atoms with Crippen molar-refractivity contribution in [2.45, 2.75) is 19.8 Å². The molecule has 0 aromatic heterocycles. The number of rotatable bonds is 4. The van der Waals surface area contributed by atoms with Gasteiger partial charge in [-0.25, -0.2) is 0 Å². The van der Waals surface area contributed by atoms with E-state index in [1.807, 2.05) is 44.2 Å². The molecule has 1 aromatic carbocycles. The molecule has 3 heteroatoms. The maximum Gasteiger partial charge on any atom is 0.210 e. The molecule has 0 N–H and O–H groups in total. The zero-order valence-corrected chi connectivity index (χ0v) is 8.51. The third kappa shape index (κ3) is 2.83. The van der Waals surface area contributed by atoms with Crippen LogP contribution in [0.4, 0.5) is 0 Å². The molecule has 76 valence electrons. The van der Waals surface area contributed by atoms with Gasteiger partial charge in [-0.15, -0.1) is 0 Å². The highest BCUT2D eigenvalue weighted by Gasteiger charge is 2.20. The average molecular weight is 193 g/mol. The number of nitrogens with zero attached hydrogens (tertiary/aromatic N) is 1. The van der Waals surface area contributed by atoms with Gasteiger partial charge in [0.05, 0.1) is 5.92 Å². The molecule has 0 spiro atoms. The summed E-state index contributed by atoms with van der Waals surface area (Å²) in [6, 6.07) is 9.67. The minimum atomic E-state index is -0.238. The summed E-state index contributed by atoms with van der Waals surface area (Å²) in [5, 5.41) is 10.5. The Morgan fingerprint density at radius 2 is 1.86 bits per heavy atom. The van der Waals surface area contributed by atoms with Crippen molar-refractivity contribution in [3.63, 3.8) is 0 Å². The van der Waals surface area contributed by atoms with Crippen molar-refractivity contribution < 1.29 is 4.92 Å². The van der Waals surface area contributed by atoms with E-state index in [1.165, 1.54) is 0 Å². The summed E-state index contributed by atoms with van der Waals surface area (Å²) in [6.45, 7) is 4.05. The van der Waals surface area contributed by atoms with Crippen LogP contribution >= 0.6 is 0 Å². The molecule has 0 saturated heterocycles. The van der Waals surface area contributed by atoms with Crippen LogP contribution in [0.1, 0.15) is 25.3 Å². The first kappa shape index (κ1) is 10.7. The standard InChI is InChI=1S/C11H15NO2/c1-9(2)11(8-12(13)14)10-6-4-3-5-7-10/h3-7,9,11H,8H2,1-2H3/t11-/m0/s1. The Balaban J connectivity index is 2.83. The molecular weight excluding hydrogens is 178 g/mol. The maximum atomic E-state index is 10.5. The van der Waals surface area contributed by atoms with Gasteiger partial charge in [0.15, 0.2) is 0 Å². The zero-order chi connectivity index (χ0) is 10.6. The van der Waals surface area contributed by atoms with E-state index in [-0.39, 0.29) is 17.4 Å². The number of benzene rings is 1. The Labute approximate surface area is 83.9 Å². The first-order valence-electron chi connectivity index (χ1n) is 4.78. The molecule has 3 nitrogen and oxygen atoms in total. The van der Waals surface area contributed by atoms with Crippen LogP contribution in [0.5, 0.6) is 0 Å². The largest absolute Gasteiger partial charge is 0.265 e. The van der Waals surface area contributed by atoms with Gasteiger partial charge < -0.3 is 0 Å². The normalized spacial score (nSPS) is 12.8. The van der Waals surface area contributed by atoms with Crippen LogP contribution in [0.3, 0.4) is 0 Å². The highest BCUT2D eigenvalue weighted by molar-refractivity contribution is 5.19. The third-order valence-corrected chi connectivity index (χ3v) is 2.38. The van der Waals surface area contributed by atoms with E-state index < -0.39 is 0 Å². The fourth-order valence-corrected chi connectivity index (χ4v) is 1.56. The Hall–Kier alpha value is -1.38. The Morgan fingerprint density at radius 3 is 2.29 bits per heavy atom. The summed E-state index contributed by atoms with van der Waals surface area (Å²) in [6.07, 6.45) is 0. The van der Waals surface area contributed by atoms with Crippen molar-refractivity contribution in [2.24, 2.45) is 5.92 Å². The van der Waals surface area contributed by atoms with Crippen LogP contribution in [0.25, 0.3) is 0 Å². The van der Waals surface area contributed by atoms with Gasteiger partial charge in [0.2, 0.25) is 6.54 Å². The summed E-state index contributed by atoms with van der Waals surface area (Å²) < 4.78 is 0. The lowest BCUT2D eigenvalue weighted by Gasteiger charge is -2.16. The van der Waals surface area contributed by atoms with Gasteiger partial charge in [0.1, 0.15) is 0 Å². The smallest absolute Gasteiger partial charge is 0.210 e. The topological polar surface area (TPSA) is 43.1 Å². The van der Waals surface area contributed by atoms with Crippen molar-refractivity contribution in [1.82, 2.24) is 0 Å². The molecule has 14 heavy (non-hydrogen) atoms. The second-order valence-corrected chi connectivity index (χ2v) is 3.78. The molecule has 0 heterocycles. The molecule has 0 bridgehead atoms. The molecule has 1 atom stereocenters. The van der Waals surface area contributed by atoms with Crippen LogP contribution in [-0.2, 0) is 0 Å². The lowest BCUT2D eigenvalue weighted by molar-refractivity contribution is -0.484. The minimum absolute atomic E-state index is 0.0156. The summed E-state index contributed by atoms with van der Waals surface area (Å²) >= 11 is 0. The van der Waals surface area contributed by atoms with E-state index in [0.29, 0.717) is 5.92 Å². The van der Waals surface area contributed by atoms with Gasteiger partial charge in [-0.3, -0.25) is 10.1 Å². The van der Waals surface area contributed by atoms with Gasteiger partial charge in [-0.1, -0.05) is 44.2 Å². The second-order valence-electron chi connectivity index (χ2n) is 3.78. The molecule has 0 aliphatic rings. The van der Waals surface area contributed by atoms with Crippen molar-refractivity contribution >= 4 is 0 Å². The highest BCUT2D eigenvalue weighted by Crippen LogP contribution is 2.23. The van der Waals surface area contributed by atoms with Crippen LogP contribution in [0, 0.1) is 16.0 Å². The summed E-state index contributed by atoms with van der Waals surface area (Å²) in [4.78, 5) is 10.3. The van der Waals surface area contributed by atoms with E-state index in [2.05, 4.69) is 0 Å². The Kier molecular flexibility index (Phi) is 3.63. The summed E-state index contributed by atoms with van der Waals surface area (Å²) in [7, 11) is 0. The molecule has 0 radical (unpaired) electrons. The highest BCUT2D eigenvalue weighted by atomic mass is 16.6. The van der Waals surface area contributed by atoms with Crippen molar-refractivity contribution in [3.05, 3.63) is 46.0 Å². The van der Waals surface area contributed by atoms with Gasteiger partial charge >= 0.3 is 0 Å². The quantitative estimate of drug-likeness (QED) is 0.545. The van der Waals surface area contributed by atoms with Gasteiger partial charge in [-0.2, -0.15) is 0 Å². The lowest BCUT2D eigenvalue weighted by Crippen LogP contribution is -2.17. The Morgan fingerprint density at radius 1 is 1.29 bits per heavy atom. The fourth-order valence-electron chi connectivity index (χ4n) is 1.56. The average Bonchev–Trinajstić information content (AvgIpc) is 2.15. The summed E-state index contributed by atoms with van der Waals surface area (Å²) in [5.74, 6) is 0.314. The van der Waals surface area contributed by atoms with Gasteiger partial charge in [0, 0.05) is 4.92 Å². The van der Waals surface area contributed by atoms with Crippen molar-refractivity contribution in [1.29, 1.82) is 0 Å². The van der Waals surface area contributed by atoms with Crippen LogP contribution < -0.4 is 0 Å². The first-order chi connectivity index (χ1) is 6.61. The Bertz CT molecular complexity index is 295. The molecular formula is C11H15NO2. The molecule has 0 amide bonds. The number of hydrogen-bond donors (Lipinski definition) is 0. The van der Waals surface area contributed by atoms with Crippen LogP contribution in [0.15, 0.2) is 30.3 Å². The molecule has 0 unspecified atom stereocenters. The lowest BCUT2D eigenvalue weighted by atomic mass is 9.89. The predicted molar refractivity (Wildman–Crippen MR) is 55.9 cm³/mol. The van der Waals surface area contributed by atoms with Gasteiger partial charge in [0.25, 0.3) is 0 Å². The SMILES string of the molecule is CC(C)[C@H](C[N+](=O)[O-])c1ccccc1. The summed E-state index contributed by atoms with van der Waals surface area (Å²) in [5.41, 5.74) is 1.05. The molecule has 0 aliphatic heterocycles. The molecule has 0 saturated carbocycles. The van der Waals surface area contributed by atoms with E-state index in [1.54, 1.807) is 0 Å². The van der Waals surface area contributed by atoms with Gasteiger partial charge in [-0.05, 0) is 11.5 Å². The molecule has 1 rings (SSSR count). The number of nitro groups is 1. The van der Waals surface area contributed by atoms with E-state index in [9.17, 15) is 10.1 Å². The minimum Gasteiger partial charge on any atom is -0.265 e. The van der Waals surface area contributed by atoms with Crippen LogP contribution in [0.2, 0.25) is 0 Å². The van der Waals surface area contributed by atoms with E-state index in [4.69, 9.17) is 0 Å². The fraction of sp³-hybridized carbons (Fsp3) is 0.455. The third-order valence-electron chi connectivity index (χ3n) is 2.38. The van der Waals surface area contributed by atoms with Crippen LogP contribution in [-0.4, -0.2) is 11.5 Å². The first-order valence-corrected chi connectivity index (χ1v) is 4.78.